The van der Waals surface area contributed by atoms with Gasteiger partial charge in [0.05, 0.1) is 11.8 Å². The second kappa shape index (κ2) is 4.37. The molecule has 0 saturated heterocycles. The first-order valence-electron chi connectivity index (χ1n) is 5.56. The molecule has 2 N–H and O–H groups in total. The van der Waals surface area contributed by atoms with Crippen LogP contribution in [0.15, 0.2) is 47.3 Å². The van der Waals surface area contributed by atoms with E-state index in [1.807, 2.05) is 24.3 Å². The quantitative estimate of drug-likeness (QED) is 0.737. The molecule has 0 radical (unpaired) electrons. The van der Waals surface area contributed by atoms with Gasteiger partial charge >= 0.3 is 0 Å². The van der Waals surface area contributed by atoms with Crippen LogP contribution in [0.1, 0.15) is 15.9 Å². The number of hydrogen-bond acceptors (Lipinski definition) is 3. The third-order valence-corrected chi connectivity index (χ3v) is 2.73. The summed E-state index contributed by atoms with van der Waals surface area (Å²) >= 11 is 0. The van der Waals surface area contributed by atoms with Gasteiger partial charge < -0.3 is 9.73 Å². The van der Waals surface area contributed by atoms with E-state index in [4.69, 9.17) is 4.42 Å². The summed E-state index contributed by atoms with van der Waals surface area (Å²) in [4.78, 5) is 12.0. The lowest BCUT2D eigenvalue weighted by Crippen LogP contribution is -2.22. The molecule has 90 valence electrons. The second-order valence-corrected chi connectivity index (χ2v) is 3.93. The molecule has 3 rings (SSSR count). The fourth-order valence-corrected chi connectivity index (χ4v) is 1.81. The van der Waals surface area contributed by atoms with E-state index in [2.05, 4.69) is 15.5 Å². The van der Waals surface area contributed by atoms with Crippen molar-refractivity contribution < 1.29 is 9.21 Å². The van der Waals surface area contributed by atoms with Gasteiger partial charge in [-0.15, -0.1) is 0 Å². The van der Waals surface area contributed by atoms with Gasteiger partial charge in [-0.2, -0.15) is 5.10 Å². The minimum atomic E-state index is -0.152. The van der Waals surface area contributed by atoms with Crippen LogP contribution in [0.25, 0.3) is 11.0 Å². The SMILES string of the molecule is O=C(NCc1cn[nH]c1)c1coc2ccccc12. The normalized spacial score (nSPS) is 10.7. The summed E-state index contributed by atoms with van der Waals surface area (Å²) in [5, 5.41) is 10.2. The molecule has 0 aliphatic carbocycles. The summed E-state index contributed by atoms with van der Waals surface area (Å²) in [5.41, 5.74) is 2.19. The molecule has 5 heteroatoms. The fourth-order valence-electron chi connectivity index (χ4n) is 1.81. The van der Waals surface area contributed by atoms with Gasteiger partial charge in [0, 0.05) is 23.7 Å². The Kier molecular flexibility index (Phi) is 2.57. The predicted octanol–water partition coefficient (Wildman–Crippen LogP) is 2.09. The number of rotatable bonds is 3. The number of aromatic nitrogens is 2. The molecule has 2 aromatic heterocycles. The summed E-state index contributed by atoms with van der Waals surface area (Å²) in [5.74, 6) is -0.152. The van der Waals surface area contributed by atoms with Crippen molar-refractivity contribution in [1.29, 1.82) is 0 Å². The number of nitrogens with one attached hydrogen (secondary N) is 2. The zero-order chi connectivity index (χ0) is 12.4. The van der Waals surface area contributed by atoms with Crippen LogP contribution < -0.4 is 5.32 Å². The van der Waals surface area contributed by atoms with Crippen LogP contribution >= 0.6 is 0 Å². The van der Waals surface area contributed by atoms with E-state index in [-0.39, 0.29) is 5.91 Å². The smallest absolute Gasteiger partial charge is 0.255 e. The minimum absolute atomic E-state index is 0.152. The van der Waals surface area contributed by atoms with E-state index in [0.717, 1.165) is 10.9 Å². The number of carbonyl (C=O) groups excluding carboxylic acids is 1. The molecular weight excluding hydrogens is 230 g/mol. The summed E-state index contributed by atoms with van der Waals surface area (Å²) < 4.78 is 5.33. The maximum Gasteiger partial charge on any atom is 0.255 e. The Bertz CT molecular complexity index is 670. The van der Waals surface area contributed by atoms with E-state index in [1.165, 1.54) is 6.26 Å². The standard InChI is InChI=1S/C13H11N3O2/c17-13(14-5-9-6-15-16-7-9)11-8-18-12-4-2-1-3-10(11)12/h1-4,6-8H,5H2,(H,14,17)(H,15,16). The van der Waals surface area contributed by atoms with Crippen LogP contribution in [0.3, 0.4) is 0 Å². The van der Waals surface area contributed by atoms with E-state index in [9.17, 15) is 4.79 Å². The first-order valence-corrected chi connectivity index (χ1v) is 5.56. The molecule has 0 atom stereocenters. The molecule has 0 unspecified atom stereocenters. The van der Waals surface area contributed by atoms with Crippen LogP contribution in [0.2, 0.25) is 0 Å². The van der Waals surface area contributed by atoms with E-state index >= 15 is 0 Å². The summed E-state index contributed by atoms with van der Waals surface area (Å²) in [6.07, 6.45) is 4.90. The van der Waals surface area contributed by atoms with Gasteiger partial charge in [-0.25, -0.2) is 0 Å². The molecule has 0 saturated carbocycles. The number of benzene rings is 1. The highest BCUT2D eigenvalue weighted by atomic mass is 16.3. The topological polar surface area (TPSA) is 70.9 Å². The Morgan fingerprint density at radius 2 is 2.28 bits per heavy atom. The average molecular weight is 241 g/mol. The average Bonchev–Trinajstić information content (AvgIpc) is 3.05. The van der Waals surface area contributed by atoms with Crippen molar-refractivity contribution in [3.8, 4) is 0 Å². The molecule has 2 heterocycles. The van der Waals surface area contributed by atoms with Gasteiger partial charge in [0.2, 0.25) is 0 Å². The second-order valence-electron chi connectivity index (χ2n) is 3.93. The van der Waals surface area contributed by atoms with Crippen molar-refractivity contribution in [3.63, 3.8) is 0 Å². The molecule has 0 spiro atoms. The van der Waals surface area contributed by atoms with Crippen molar-refractivity contribution in [1.82, 2.24) is 15.5 Å². The number of furan rings is 1. The molecule has 5 nitrogen and oxygen atoms in total. The maximum atomic E-state index is 12.0. The Hall–Kier alpha value is -2.56. The molecule has 0 aliphatic heterocycles. The number of nitrogens with zero attached hydrogens (tertiary/aromatic N) is 1. The molecule has 0 aliphatic rings. The summed E-state index contributed by atoms with van der Waals surface area (Å²) in [6.45, 7) is 0.439. The number of aromatic amines is 1. The lowest BCUT2D eigenvalue weighted by molar-refractivity contribution is 0.0951. The van der Waals surface area contributed by atoms with Crippen molar-refractivity contribution in [3.05, 3.63) is 54.0 Å². The lowest BCUT2D eigenvalue weighted by Gasteiger charge is -2.01. The van der Waals surface area contributed by atoms with Gasteiger partial charge in [0.25, 0.3) is 5.91 Å². The summed E-state index contributed by atoms with van der Waals surface area (Å²) in [6, 6.07) is 7.46. The van der Waals surface area contributed by atoms with Crippen LogP contribution in [0.4, 0.5) is 0 Å². The minimum Gasteiger partial charge on any atom is -0.463 e. The molecule has 3 aromatic rings. The van der Waals surface area contributed by atoms with Crippen molar-refractivity contribution in [2.45, 2.75) is 6.54 Å². The van der Waals surface area contributed by atoms with Gasteiger partial charge in [-0.3, -0.25) is 9.89 Å². The number of hydrogen-bond donors (Lipinski definition) is 2. The number of para-hydroxylation sites is 1. The molecule has 0 fully saturated rings. The van der Waals surface area contributed by atoms with Crippen LogP contribution in [-0.2, 0) is 6.54 Å². The number of amides is 1. The van der Waals surface area contributed by atoms with E-state index < -0.39 is 0 Å². The Morgan fingerprint density at radius 3 is 3.11 bits per heavy atom. The number of carbonyl (C=O) groups is 1. The first kappa shape index (κ1) is 10.6. The maximum absolute atomic E-state index is 12.0. The first-order chi connectivity index (χ1) is 8.84. The van der Waals surface area contributed by atoms with Crippen LogP contribution in [-0.4, -0.2) is 16.1 Å². The van der Waals surface area contributed by atoms with Crippen molar-refractivity contribution in [2.75, 3.05) is 0 Å². The Morgan fingerprint density at radius 1 is 1.39 bits per heavy atom. The van der Waals surface area contributed by atoms with Gasteiger partial charge in [-0.1, -0.05) is 18.2 Å². The van der Waals surface area contributed by atoms with Crippen LogP contribution in [0.5, 0.6) is 0 Å². The molecular formula is C13H11N3O2. The highest BCUT2D eigenvalue weighted by Gasteiger charge is 2.12. The number of fused-ring (bicyclic) bond motifs is 1. The summed E-state index contributed by atoms with van der Waals surface area (Å²) in [7, 11) is 0. The lowest BCUT2D eigenvalue weighted by atomic mass is 10.1. The third-order valence-electron chi connectivity index (χ3n) is 2.73. The molecule has 1 amide bonds. The molecule has 1 aromatic carbocycles. The van der Waals surface area contributed by atoms with Crippen molar-refractivity contribution in [2.24, 2.45) is 0 Å². The highest BCUT2D eigenvalue weighted by molar-refractivity contribution is 6.05. The highest BCUT2D eigenvalue weighted by Crippen LogP contribution is 2.20. The van der Waals surface area contributed by atoms with Gasteiger partial charge in [0.1, 0.15) is 11.8 Å². The molecule has 18 heavy (non-hydrogen) atoms. The van der Waals surface area contributed by atoms with Gasteiger partial charge in [0.15, 0.2) is 0 Å². The van der Waals surface area contributed by atoms with Crippen LogP contribution in [0, 0.1) is 0 Å². The van der Waals surface area contributed by atoms with Gasteiger partial charge in [-0.05, 0) is 6.07 Å². The van der Waals surface area contributed by atoms with E-state index in [0.29, 0.717) is 17.7 Å². The largest absolute Gasteiger partial charge is 0.463 e. The number of H-pyrrole nitrogens is 1. The zero-order valence-electron chi connectivity index (χ0n) is 9.51. The third kappa shape index (κ3) is 1.86. The Balaban J connectivity index is 1.80. The fraction of sp³-hybridized carbons (Fsp3) is 0.0769. The Labute approximate surface area is 103 Å². The van der Waals surface area contributed by atoms with E-state index in [1.54, 1.807) is 12.4 Å². The predicted molar refractivity (Wildman–Crippen MR) is 66.0 cm³/mol. The van der Waals surface area contributed by atoms with Crippen molar-refractivity contribution >= 4 is 16.9 Å². The molecule has 0 bridgehead atoms. The monoisotopic (exact) mass is 241 g/mol. The zero-order valence-corrected chi connectivity index (χ0v) is 9.51.